The van der Waals surface area contributed by atoms with Gasteiger partial charge in [-0.1, -0.05) is 48.0 Å². The van der Waals surface area contributed by atoms with Gasteiger partial charge in [0.15, 0.2) is 0 Å². The molecule has 1 heterocycles. The molecule has 1 amide bonds. The van der Waals surface area contributed by atoms with E-state index >= 15 is 0 Å². The van der Waals surface area contributed by atoms with Crippen LogP contribution in [0.2, 0.25) is 0 Å². The normalized spacial score (nSPS) is 10.9. The van der Waals surface area contributed by atoms with Crippen molar-refractivity contribution in [2.24, 2.45) is 0 Å². The van der Waals surface area contributed by atoms with Crippen molar-refractivity contribution in [3.8, 4) is 11.4 Å². The van der Waals surface area contributed by atoms with E-state index in [1.54, 1.807) is 0 Å². The lowest BCUT2D eigenvalue weighted by Crippen LogP contribution is -2.15. The molecular formula is C23H21N3O. The molecule has 0 aliphatic rings. The molecule has 0 fully saturated rings. The highest BCUT2D eigenvalue weighted by Crippen LogP contribution is 2.27. The van der Waals surface area contributed by atoms with Crippen LogP contribution in [0.1, 0.15) is 16.7 Å². The van der Waals surface area contributed by atoms with Crippen molar-refractivity contribution in [1.82, 2.24) is 9.97 Å². The fourth-order valence-corrected chi connectivity index (χ4v) is 3.29. The Balaban J connectivity index is 1.60. The van der Waals surface area contributed by atoms with Crippen LogP contribution in [0.3, 0.4) is 0 Å². The Bertz CT molecular complexity index is 1090. The number of imidazole rings is 1. The first kappa shape index (κ1) is 17.0. The van der Waals surface area contributed by atoms with Crippen LogP contribution in [0, 0.1) is 13.8 Å². The van der Waals surface area contributed by atoms with Gasteiger partial charge < -0.3 is 10.3 Å². The first-order valence-corrected chi connectivity index (χ1v) is 9.00. The summed E-state index contributed by atoms with van der Waals surface area (Å²) in [7, 11) is 0. The zero-order valence-electron chi connectivity index (χ0n) is 15.4. The predicted molar refractivity (Wildman–Crippen MR) is 110 cm³/mol. The fraction of sp³-hybridized carbons (Fsp3) is 0.130. The van der Waals surface area contributed by atoms with Crippen molar-refractivity contribution in [3.63, 3.8) is 0 Å². The number of anilines is 1. The summed E-state index contributed by atoms with van der Waals surface area (Å²) in [6.45, 7) is 4.10. The Labute approximate surface area is 158 Å². The largest absolute Gasteiger partial charge is 0.338 e. The monoisotopic (exact) mass is 355 g/mol. The van der Waals surface area contributed by atoms with Gasteiger partial charge >= 0.3 is 0 Å². The molecule has 3 aromatic carbocycles. The van der Waals surface area contributed by atoms with Gasteiger partial charge in [0.05, 0.1) is 23.1 Å². The molecule has 134 valence electrons. The molecule has 4 aromatic rings. The number of benzene rings is 3. The maximum absolute atomic E-state index is 12.6. The Hall–Kier alpha value is -3.40. The standard InChI is InChI=1S/C23H21N3O/c1-15-11-12-17(16(2)13-15)14-22(27)24-19-8-4-3-7-18(19)23-25-20-9-5-6-10-21(20)26-23/h3-13H,14H2,1-2H3,(H,24,27)(H,25,26). The highest BCUT2D eigenvalue weighted by Gasteiger charge is 2.13. The third-order valence-corrected chi connectivity index (χ3v) is 4.69. The molecule has 0 radical (unpaired) electrons. The number of carbonyl (C=O) groups excluding carboxylic acids is 1. The Morgan fingerprint density at radius 2 is 1.78 bits per heavy atom. The van der Waals surface area contributed by atoms with Crippen LogP contribution in [-0.4, -0.2) is 15.9 Å². The number of aromatic amines is 1. The lowest BCUT2D eigenvalue weighted by Gasteiger charge is -2.11. The van der Waals surface area contributed by atoms with E-state index in [-0.39, 0.29) is 5.91 Å². The third-order valence-electron chi connectivity index (χ3n) is 4.69. The molecule has 0 aliphatic heterocycles. The van der Waals surface area contributed by atoms with Crippen LogP contribution < -0.4 is 5.32 Å². The van der Waals surface area contributed by atoms with E-state index in [0.717, 1.165) is 39.2 Å². The van der Waals surface area contributed by atoms with Gasteiger partial charge in [0.2, 0.25) is 5.91 Å². The smallest absolute Gasteiger partial charge is 0.228 e. The van der Waals surface area contributed by atoms with Crippen LogP contribution in [0.5, 0.6) is 0 Å². The molecule has 0 unspecified atom stereocenters. The molecule has 2 N–H and O–H groups in total. The predicted octanol–water partition coefficient (Wildman–Crippen LogP) is 5.03. The van der Waals surface area contributed by atoms with Gasteiger partial charge in [-0.2, -0.15) is 0 Å². The average Bonchev–Trinajstić information content (AvgIpc) is 3.08. The summed E-state index contributed by atoms with van der Waals surface area (Å²) in [5.41, 5.74) is 6.89. The van der Waals surface area contributed by atoms with E-state index in [0.29, 0.717) is 6.42 Å². The van der Waals surface area contributed by atoms with Crippen LogP contribution in [0.25, 0.3) is 22.4 Å². The quantitative estimate of drug-likeness (QED) is 0.539. The van der Waals surface area contributed by atoms with E-state index in [2.05, 4.69) is 28.3 Å². The second-order valence-electron chi connectivity index (χ2n) is 6.80. The number of H-pyrrole nitrogens is 1. The first-order valence-electron chi connectivity index (χ1n) is 9.00. The molecule has 4 nitrogen and oxygen atoms in total. The second-order valence-corrected chi connectivity index (χ2v) is 6.80. The number of carbonyl (C=O) groups is 1. The van der Waals surface area contributed by atoms with E-state index < -0.39 is 0 Å². The Morgan fingerprint density at radius 3 is 2.59 bits per heavy atom. The second kappa shape index (κ2) is 7.08. The molecule has 0 spiro atoms. The zero-order chi connectivity index (χ0) is 18.8. The molecular weight excluding hydrogens is 334 g/mol. The van der Waals surface area contributed by atoms with Gasteiger partial charge in [0.25, 0.3) is 0 Å². The van der Waals surface area contributed by atoms with Crippen LogP contribution in [0.4, 0.5) is 5.69 Å². The number of amides is 1. The van der Waals surface area contributed by atoms with Crippen molar-refractivity contribution in [2.45, 2.75) is 20.3 Å². The van der Waals surface area contributed by atoms with Crippen molar-refractivity contribution >= 4 is 22.6 Å². The summed E-state index contributed by atoms with van der Waals surface area (Å²) < 4.78 is 0. The van der Waals surface area contributed by atoms with Gasteiger partial charge in [-0.25, -0.2) is 4.98 Å². The maximum Gasteiger partial charge on any atom is 0.228 e. The van der Waals surface area contributed by atoms with Crippen LogP contribution in [-0.2, 0) is 11.2 Å². The molecule has 4 heteroatoms. The van der Waals surface area contributed by atoms with Gasteiger partial charge in [0.1, 0.15) is 5.82 Å². The average molecular weight is 355 g/mol. The summed E-state index contributed by atoms with van der Waals surface area (Å²) in [6.07, 6.45) is 0.348. The molecule has 0 aliphatic carbocycles. The number of nitrogens with zero attached hydrogens (tertiary/aromatic N) is 1. The minimum atomic E-state index is -0.0366. The molecule has 0 atom stereocenters. The van der Waals surface area contributed by atoms with Crippen molar-refractivity contribution in [2.75, 3.05) is 5.32 Å². The lowest BCUT2D eigenvalue weighted by molar-refractivity contribution is -0.115. The lowest BCUT2D eigenvalue weighted by atomic mass is 10.0. The van der Waals surface area contributed by atoms with Crippen LogP contribution >= 0.6 is 0 Å². The number of para-hydroxylation sites is 3. The van der Waals surface area contributed by atoms with Gasteiger partial charge in [0, 0.05) is 5.56 Å². The van der Waals surface area contributed by atoms with Gasteiger partial charge in [-0.05, 0) is 49.2 Å². The van der Waals surface area contributed by atoms with E-state index in [1.807, 2.05) is 67.6 Å². The van der Waals surface area contributed by atoms with E-state index in [1.165, 1.54) is 5.56 Å². The Kier molecular flexibility index (Phi) is 4.47. The summed E-state index contributed by atoms with van der Waals surface area (Å²) in [6, 6.07) is 21.8. The molecule has 0 saturated heterocycles. The van der Waals surface area contributed by atoms with Gasteiger partial charge in [-0.3, -0.25) is 4.79 Å². The number of hydrogen-bond acceptors (Lipinski definition) is 2. The number of aryl methyl sites for hydroxylation is 2. The van der Waals surface area contributed by atoms with Crippen molar-refractivity contribution in [3.05, 3.63) is 83.4 Å². The van der Waals surface area contributed by atoms with Crippen molar-refractivity contribution in [1.29, 1.82) is 0 Å². The number of nitrogens with one attached hydrogen (secondary N) is 2. The topological polar surface area (TPSA) is 57.8 Å². The zero-order valence-corrected chi connectivity index (χ0v) is 15.4. The molecule has 0 saturated carbocycles. The summed E-state index contributed by atoms with van der Waals surface area (Å²) in [5, 5.41) is 3.04. The fourth-order valence-electron chi connectivity index (χ4n) is 3.29. The molecule has 0 bridgehead atoms. The first-order chi connectivity index (χ1) is 13.1. The summed E-state index contributed by atoms with van der Waals surface area (Å²) >= 11 is 0. The highest BCUT2D eigenvalue weighted by molar-refractivity contribution is 5.96. The SMILES string of the molecule is Cc1ccc(CC(=O)Nc2ccccc2-c2nc3ccccc3[nH]2)c(C)c1. The molecule has 4 rings (SSSR count). The minimum Gasteiger partial charge on any atom is -0.338 e. The summed E-state index contributed by atoms with van der Waals surface area (Å²) in [5.74, 6) is 0.712. The third kappa shape index (κ3) is 3.60. The van der Waals surface area contributed by atoms with E-state index in [9.17, 15) is 4.79 Å². The van der Waals surface area contributed by atoms with Gasteiger partial charge in [-0.15, -0.1) is 0 Å². The number of aromatic nitrogens is 2. The number of hydrogen-bond donors (Lipinski definition) is 2. The van der Waals surface area contributed by atoms with Crippen molar-refractivity contribution < 1.29 is 4.79 Å². The number of fused-ring (bicyclic) bond motifs is 1. The molecule has 1 aromatic heterocycles. The Morgan fingerprint density at radius 1 is 1.00 bits per heavy atom. The van der Waals surface area contributed by atoms with Crippen LogP contribution in [0.15, 0.2) is 66.7 Å². The molecule has 27 heavy (non-hydrogen) atoms. The minimum absolute atomic E-state index is 0.0366. The number of rotatable bonds is 4. The van der Waals surface area contributed by atoms with E-state index in [4.69, 9.17) is 0 Å². The summed E-state index contributed by atoms with van der Waals surface area (Å²) in [4.78, 5) is 20.6. The maximum atomic E-state index is 12.6. The highest BCUT2D eigenvalue weighted by atomic mass is 16.1.